The molecule has 9 nitrogen and oxygen atoms in total. The normalized spacial score (nSPS) is 12.8. The van der Waals surface area contributed by atoms with Crippen molar-refractivity contribution >= 4 is 23.5 Å². The molecule has 1 amide bonds. The fraction of sp³-hybridized carbons (Fsp3) is 0.261. The van der Waals surface area contributed by atoms with E-state index in [9.17, 15) is 41.8 Å². The van der Waals surface area contributed by atoms with E-state index in [0.717, 1.165) is 22.2 Å². The summed E-state index contributed by atoms with van der Waals surface area (Å²) in [4.78, 5) is 24.3. The van der Waals surface area contributed by atoms with Crippen LogP contribution in [0.15, 0.2) is 59.1 Å². The Bertz CT molecular complexity index is 1270. The Balaban J connectivity index is 1.72. The number of benzene rings is 2. The van der Waals surface area contributed by atoms with Crippen LogP contribution in [0.1, 0.15) is 16.1 Å². The first-order valence-electron chi connectivity index (χ1n) is 10.6. The van der Waals surface area contributed by atoms with E-state index in [-0.39, 0.29) is 6.54 Å². The second-order valence-electron chi connectivity index (χ2n) is 7.90. The molecule has 38 heavy (non-hydrogen) atoms. The monoisotopic (exact) mass is 563 g/mol. The van der Waals surface area contributed by atoms with Gasteiger partial charge in [-0.25, -0.2) is 9.80 Å². The number of esters is 1. The average molecular weight is 564 g/mol. The number of aliphatic hydroxyl groups is 1. The highest BCUT2D eigenvalue weighted by Crippen LogP contribution is 2.35. The number of aromatic hydroxyl groups is 1. The van der Waals surface area contributed by atoms with Crippen molar-refractivity contribution in [3.05, 3.63) is 70.9 Å². The molecule has 0 bridgehead atoms. The van der Waals surface area contributed by atoms with Gasteiger partial charge in [-0.3, -0.25) is 10.2 Å². The summed E-state index contributed by atoms with van der Waals surface area (Å²) in [5.74, 6) is -9.13. The number of hydrogen-bond acceptors (Lipinski definition) is 8. The molecule has 0 saturated carbocycles. The Labute approximate surface area is 216 Å². The van der Waals surface area contributed by atoms with Crippen LogP contribution in [0.5, 0.6) is 5.88 Å². The topological polar surface area (TPSA) is 125 Å². The highest BCUT2D eigenvalue weighted by atomic mass is 35.5. The van der Waals surface area contributed by atoms with Crippen molar-refractivity contribution in [3.63, 3.8) is 0 Å². The van der Waals surface area contributed by atoms with E-state index in [1.807, 2.05) is 6.07 Å². The van der Waals surface area contributed by atoms with Gasteiger partial charge in [-0.05, 0) is 34.0 Å². The van der Waals surface area contributed by atoms with Gasteiger partial charge in [0.2, 0.25) is 5.76 Å². The number of ether oxygens (including phenoxy) is 1. The first-order valence-corrected chi connectivity index (χ1v) is 11.0. The minimum atomic E-state index is -5.96. The van der Waals surface area contributed by atoms with Crippen LogP contribution < -0.4 is 5.43 Å². The van der Waals surface area contributed by atoms with Gasteiger partial charge in [-0.2, -0.15) is 22.0 Å². The number of alkyl halides is 5. The summed E-state index contributed by atoms with van der Waals surface area (Å²) in [6.45, 7) is -3.29. The molecule has 0 spiro atoms. The van der Waals surface area contributed by atoms with Crippen LogP contribution in [0.4, 0.5) is 22.0 Å². The number of carbonyl (C=O) groups excluding carboxylic acids is 2. The molecule has 0 aliphatic rings. The number of hydrazine groups is 1. The lowest BCUT2D eigenvalue weighted by atomic mass is 10.0. The summed E-state index contributed by atoms with van der Waals surface area (Å²) in [6, 6.07) is 14.6. The maximum absolute atomic E-state index is 13.0. The second-order valence-corrected chi connectivity index (χ2v) is 8.34. The number of hydrogen-bond donors (Lipinski definition) is 3. The van der Waals surface area contributed by atoms with Gasteiger partial charge < -0.3 is 19.5 Å². The molecule has 3 N–H and O–H groups in total. The summed E-state index contributed by atoms with van der Waals surface area (Å²) in [5.41, 5.74) is 4.40. The van der Waals surface area contributed by atoms with E-state index in [1.165, 1.54) is 0 Å². The van der Waals surface area contributed by atoms with Crippen LogP contribution in [0, 0.1) is 0 Å². The van der Waals surface area contributed by atoms with Crippen molar-refractivity contribution in [1.29, 1.82) is 0 Å². The Morgan fingerprint density at radius 2 is 1.76 bits per heavy atom. The molecular formula is C23H19ClF5N3O6. The van der Waals surface area contributed by atoms with E-state index in [0.29, 0.717) is 10.6 Å². The summed E-state index contributed by atoms with van der Waals surface area (Å²) < 4.78 is 71.6. The fourth-order valence-corrected chi connectivity index (χ4v) is 3.23. The van der Waals surface area contributed by atoms with Gasteiger partial charge in [-0.1, -0.05) is 48.0 Å². The number of amides is 1. The summed E-state index contributed by atoms with van der Waals surface area (Å²) in [6.07, 6.45) is -8.19. The molecule has 0 saturated heterocycles. The lowest BCUT2D eigenvalue weighted by molar-refractivity contribution is -0.294. The Hall–Kier alpha value is -3.75. The molecule has 0 aliphatic heterocycles. The van der Waals surface area contributed by atoms with Crippen molar-refractivity contribution in [1.82, 2.24) is 15.6 Å². The molecule has 0 aliphatic carbocycles. The van der Waals surface area contributed by atoms with E-state index < -0.39 is 54.9 Å². The van der Waals surface area contributed by atoms with Crippen LogP contribution >= 0.6 is 11.6 Å². The van der Waals surface area contributed by atoms with Crippen molar-refractivity contribution in [3.8, 4) is 17.0 Å². The molecule has 1 heterocycles. The third-order valence-electron chi connectivity index (χ3n) is 4.94. The zero-order valence-corrected chi connectivity index (χ0v) is 19.8. The van der Waals surface area contributed by atoms with Crippen LogP contribution in [-0.2, 0) is 16.1 Å². The molecule has 3 rings (SSSR count). The summed E-state index contributed by atoms with van der Waals surface area (Å²) >= 11 is 6.01. The van der Waals surface area contributed by atoms with E-state index >= 15 is 0 Å². The van der Waals surface area contributed by atoms with Gasteiger partial charge in [0.25, 0.3) is 5.88 Å². The summed E-state index contributed by atoms with van der Waals surface area (Å²) in [7, 11) is 0. The number of nitrogens with one attached hydrogen (secondary N) is 1. The number of halogens is 6. The maximum Gasteiger partial charge on any atom is 0.456 e. The predicted molar refractivity (Wildman–Crippen MR) is 121 cm³/mol. The Morgan fingerprint density at radius 3 is 2.34 bits per heavy atom. The fourth-order valence-electron chi connectivity index (χ4n) is 3.04. The molecule has 204 valence electrons. The van der Waals surface area contributed by atoms with Gasteiger partial charge in [0.05, 0.1) is 12.6 Å². The SMILES string of the molecule is O=C(NN(Cc1ccc(-c2cccc(Cl)c2)cc1)CC(O)C(=O)OCC(F)(F)C(F)(F)F)c1cc(O)no1. The molecule has 1 atom stereocenters. The molecular weight excluding hydrogens is 545 g/mol. The second kappa shape index (κ2) is 11.8. The van der Waals surface area contributed by atoms with Crippen molar-refractivity contribution in [2.75, 3.05) is 13.2 Å². The van der Waals surface area contributed by atoms with E-state index in [4.69, 9.17) is 11.6 Å². The number of nitrogens with zero attached hydrogens (tertiary/aromatic N) is 2. The van der Waals surface area contributed by atoms with Gasteiger partial charge in [0.15, 0.2) is 12.7 Å². The smallest absolute Gasteiger partial charge is 0.456 e. The Morgan fingerprint density at radius 1 is 1.08 bits per heavy atom. The molecule has 15 heteroatoms. The number of carbonyl (C=O) groups is 2. The number of rotatable bonds is 10. The van der Waals surface area contributed by atoms with Crippen molar-refractivity contribution in [2.45, 2.75) is 24.7 Å². The van der Waals surface area contributed by atoms with Gasteiger partial charge in [0.1, 0.15) is 0 Å². The minimum Gasteiger partial charge on any atom is -0.491 e. The number of aliphatic hydroxyl groups excluding tert-OH is 1. The minimum absolute atomic E-state index is 0.176. The molecule has 2 aromatic carbocycles. The van der Waals surface area contributed by atoms with Crippen LogP contribution in [0.2, 0.25) is 5.02 Å². The van der Waals surface area contributed by atoms with Crippen molar-refractivity contribution in [2.24, 2.45) is 0 Å². The largest absolute Gasteiger partial charge is 0.491 e. The predicted octanol–water partition coefficient (Wildman–Crippen LogP) is 3.95. The van der Waals surface area contributed by atoms with E-state index in [1.54, 1.807) is 42.5 Å². The molecule has 0 radical (unpaired) electrons. The van der Waals surface area contributed by atoms with Crippen LogP contribution in [-0.4, -0.2) is 63.6 Å². The van der Waals surface area contributed by atoms with E-state index in [2.05, 4.69) is 19.8 Å². The third-order valence-corrected chi connectivity index (χ3v) is 5.18. The molecule has 0 fully saturated rings. The van der Waals surface area contributed by atoms with Crippen LogP contribution in [0.25, 0.3) is 11.1 Å². The zero-order chi connectivity index (χ0) is 28.1. The molecule has 1 unspecified atom stereocenters. The maximum atomic E-state index is 13.0. The standard InChI is InChI=1S/C23H19ClF5N3O6/c24-16-3-1-2-15(8-16)14-6-4-13(5-7-14)10-32(30-20(35)18-9-19(34)31-38-18)11-17(33)21(36)37-12-22(25,26)23(27,28)29/h1-9,17,33H,10-12H2,(H,30,35)(H,31,34). The molecule has 3 aromatic rings. The molecule has 1 aromatic heterocycles. The number of aromatic nitrogens is 1. The lowest BCUT2D eigenvalue weighted by Gasteiger charge is -2.25. The average Bonchev–Trinajstić information content (AvgIpc) is 3.28. The zero-order valence-electron chi connectivity index (χ0n) is 19.1. The highest BCUT2D eigenvalue weighted by molar-refractivity contribution is 6.30. The quantitative estimate of drug-likeness (QED) is 0.192. The highest BCUT2D eigenvalue weighted by Gasteiger charge is 2.58. The van der Waals surface area contributed by atoms with Gasteiger partial charge >= 0.3 is 24.0 Å². The van der Waals surface area contributed by atoms with Crippen molar-refractivity contribution < 1.29 is 51.0 Å². The van der Waals surface area contributed by atoms with Gasteiger partial charge in [-0.15, -0.1) is 0 Å². The lowest BCUT2D eigenvalue weighted by Crippen LogP contribution is -2.48. The van der Waals surface area contributed by atoms with Crippen LogP contribution in [0.3, 0.4) is 0 Å². The van der Waals surface area contributed by atoms with Gasteiger partial charge in [0, 0.05) is 11.6 Å². The first kappa shape index (κ1) is 28.8. The Kier molecular flexibility index (Phi) is 8.91. The summed E-state index contributed by atoms with van der Waals surface area (Å²) in [5, 5.41) is 24.0. The first-order chi connectivity index (χ1) is 17.7. The third kappa shape index (κ3) is 7.63.